The van der Waals surface area contributed by atoms with Crippen LogP contribution < -0.4 is 15.0 Å². The van der Waals surface area contributed by atoms with Crippen molar-refractivity contribution >= 4 is 46.1 Å². The SMILES string of the molecule is CCOc1ccc(Nc2ncnc3ccc(N4C[C@@H]5C[C@H]4CN5C(=O)OC(C)(C)C)nc23)c(F)c1Cl. The van der Waals surface area contributed by atoms with E-state index in [4.69, 9.17) is 26.1 Å². The van der Waals surface area contributed by atoms with Crippen LogP contribution in [-0.4, -0.2) is 63.3 Å². The summed E-state index contributed by atoms with van der Waals surface area (Å²) in [5.41, 5.74) is 0.748. The van der Waals surface area contributed by atoms with Crippen LogP contribution >= 0.6 is 11.6 Å². The molecule has 0 unspecified atom stereocenters. The van der Waals surface area contributed by atoms with Gasteiger partial charge in [-0.25, -0.2) is 24.1 Å². The zero-order valence-corrected chi connectivity index (χ0v) is 21.3. The van der Waals surface area contributed by atoms with Gasteiger partial charge >= 0.3 is 6.09 Å². The number of amides is 1. The number of pyridine rings is 1. The van der Waals surface area contributed by atoms with E-state index in [9.17, 15) is 9.18 Å². The minimum absolute atomic E-state index is 0.0621. The van der Waals surface area contributed by atoms with Crippen LogP contribution in [0.5, 0.6) is 5.75 Å². The van der Waals surface area contributed by atoms with Crippen LogP contribution in [0.2, 0.25) is 5.02 Å². The lowest BCUT2D eigenvalue weighted by atomic mass is 10.2. The molecule has 2 fully saturated rings. The molecule has 190 valence electrons. The quantitative estimate of drug-likeness (QED) is 0.499. The summed E-state index contributed by atoms with van der Waals surface area (Å²) < 4.78 is 25.8. The number of ether oxygens (including phenoxy) is 2. The van der Waals surface area contributed by atoms with Crippen molar-refractivity contribution in [2.75, 3.05) is 29.9 Å². The Morgan fingerprint density at radius 2 is 2.00 bits per heavy atom. The lowest BCUT2D eigenvalue weighted by Gasteiger charge is -2.35. The molecule has 2 atom stereocenters. The third-order valence-electron chi connectivity index (χ3n) is 6.23. The van der Waals surface area contributed by atoms with Gasteiger partial charge in [-0.2, -0.15) is 0 Å². The molecule has 0 saturated carbocycles. The van der Waals surface area contributed by atoms with Crippen LogP contribution in [0.4, 0.5) is 26.5 Å². The zero-order valence-electron chi connectivity index (χ0n) is 20.6. The number of carbonyl (C=O) groups is 1. The van der Waals surface area contributed by atoms with Gasteiger partial charge in [0.1, 0.15) is 34.0 Å². The summed E-state index contributed by atoms with van der Waals surface area (Å²) in [6.07, 6.45) is 1.97. The van der Waals surface area contributed by atoms with Crippen molar-refractivity contribution in [3.05, 3.63) is 41.4 Å². The first-order valence-corrected chi connectivity index (χ1v) is 12.3. The van der Waals surface area contributed by atoms with E-state index in [1.165, 1.54) is 6.33 Å². The van der Waals surface area contributed by atoms with Crippen LogP contribution in [0.25, 0.3) is 11.0 Å². The fourth-order valence-electron chi connectivity index (χ4n) is 4.70. The second-order valence-electron chi connectivity index (χ2n) is 9.89. The molecule has 4 heterocycles. The second kappa shape index (κ2) is 9.24. The molecule has 2 aliphatic heterocycles. The van der Waals surface area contributed by atoms with Crippen LogP contribution in [0, 0.1) is 5.82 Å². The summed E-state index contributed by atoms with van der Waals surface area (Å²) in [5.74, 6) is 0.756. The highest BCUT2D eigenvalue weighted by molar-refractivity contribution is 6.32. The van der Waals surface area contributed by atoms with Gasteiger partial charge in [-0.15, -0.1) is 0 Å². The summed E-state index contributed by atoms with van der Waals surface area (Å²) in [4.78, 5) is 30.0. The van der Waals surface area contributed by atoms with Gasteiger partial charge in [-0.05, 0) is 58.4 Å². The molecule has 0 radical (unpaired) electrons. The predicted octanol–water partition coefficient (Wildman–Crippen LogP) is 5.16. The zero-order chi connectivity index (χ0) is 25.6. The minimum atomic E-state index is -0.635. The molecule has 0 aliphatic carbocycles. The van der Waals surface area contributed by atoms with E-state index >= 15 is 0 Å². The number of hydrogen-bond donors (Lipinski definition) is 1. The minimum Gasteiger partial charge on any atom is -0.492 e. The van der Waals surface area contributed by atoms with Crippen LogP contribution in [0.3, 0.4) is 0 Å². The molecule has 1 aromatic carbocycles. The average molecular weight is 515 g/mol. The molecule has 2 bridgehead atoms. The normalized spacial score (nSPS) is 19.2. The van der Waals surface area contributed by atoms with Gasteiger partial charge in [0.25, 0.3) is 0 Å². The Hall–Kier alpha value is -3.40. The van der Waals surface area contributed by atoms with Gasteiger partial charge in [0.15, 0.2) is 11.6 Å². The number of aromatic nitrogens is 3. The Labute approximate surface area is 213 Å². The highest BCUT2D eigenvalue weighted by Crippen LogP contribution is 2.37. The summed E-state index contributed by atoms with van der Waals surface area (Å²) in [6, 6.07) is 7.13. The maximum absolute atomic E-state index is 14.9. The molecule has 2 aliphatic rings. The number of nitrogens with zero attached hydrogens (tertiary/aromatic N) is 5. The van der Waals surface area contributed by atoms with E-state index < -0.39 is 11.4 Å². The molecule has 2 aromatic heterocycles. The molecule has 0 spiro atoms. The monoisotopic (exact) mass is 514 g/mol. The lowest BCUT2D eigenvalue weighted by Crippen LogP contribution is -2.50. The van der Waals surface area contributed by atoms with Crippen molar-refractivity contribution < 1.29 is 18.7 Å². The molecule has 5 rings (SSSR count). The molecule has 1 amide bonds. The van der Waals surface area contributed by atoms with Gasteiger partial charge in [0.2, 0.25) is 0 Å². The Morgan fingerprint density at radius 3 is 2.69 bits per heavy atom. The number of hydrogen-bond acceptors (Lipinski definition) is 8. The van der Waals surface area contributed by atoms with Crippen LogP contribution in [-0.2, 0) is 4.74 Å². The fourth-order valence-corrected chi connectivity index (χ4v) is 4.92. The van der Waals surface area contributed by atoms with Crippen LogP contribution in [0.15, 0.2) is 30.6 Å². The summed E-state index contributed by atoms with van der Waals surface area (Å²) in [6.45, 7) is 9.01. The number of benzene rings is 1. The Bertz CT molecular complexity index is 1320. The van der Waals surface area contributed by atoms with E-state index in [1.807, 2.05) is 37.8 Å². The molecular formula is C25H28ClFN6O3. The van der Waals surface area contributed by atoms with Crippen molar-refractivity contribution in [3.8, 4) is 5.75 Å². The maximum Gasteiger partial charge on any atom is 0.410 e. The van der Waals surface area contributed by atoms with E-state index in [2.05, 4.69) is 20.2 Å². The largest absolute Gasteiger partial charge is 0.492 e. The summed E-state index contributed by atoms with van der Waals surface area (Å²) >= 11 is 6.15. The van der Waals surface area contributed by atoms with Gasteiger partial charge < -0.3 is 24.6 Å². The summed E-state index contributed by atoms with van der Waals surface area (Å²) in [5, 5.41) is 2.90. The van der Waals surface area contributed by atoms with E-state index in [-0.39, 0.29) is 34.6 Å². The Balaban J connectivity index is 1.38. The fraction of sp³-hybridized carbons (Fsp3) is 0.440. The summed E-state index contributed by atoms with van der Waals surface area (Å²) in [7, 11) is 0. The van der Waals surface area contributed by atoms with Crippen molar-refractivity contribution in [3.63, 3.8) is 0 Å². The molecule has 1 N–H and O–H groups in total. The topological polar surface area (TPSA) is 92.7 Å². The van der Waals surface area contributed by atoms with Crippen molar-refractivity contribution in [1.82, 2.24) is 19.9 Å². The maximum atomic E-state index is 14.9. The number of rotatable bonds is 5. The number of anilines is 3. The molecule has 9 nitrogen and oxygen atoms in total. The molecule has 3 aromatic rings. The lowest BCUT2D eigenvalue weighted by molar-refractivity contribution is 0.0214. The Kier molecular flexibility index (Phi) is 6.23. The van der Waals surface area contributed by atoms with Gasteiger partial charge in [-0.3, -0.25) is 0 Å². The van der Waals surface area contributed by atoms with Gasteiger partial charge in [0.05, 0.1) is 29.9 Å². The van der Waals surface area contributed by atoms with E-state index in [0.717, 1.165) is 12.2 Å². The van der Waals surface area contributed by atoms with Gasteiger partial charge in [-0.1, -0.05) is 11.6 Å². The Morgan fingerprint density at radius 1 is 1.19 bits per heavy atom. The molecular weight excluding hydrogens is 487 g/mol. The average Bonchev–Trinajstić information content (AvgIpc) is 3.44. The molecule has 2 saturated heterocycles. The smallest absolute Gasteiger partial charge is 0.410 e. The van der Waals surface area contributed by atoms with E-state index in [0.29, 0.717) is 36.5 Å². The molecule has 11 heteroatoms. The van der Waals surface area contributed by atoms with E-state index in [1.54, 1.807) is 19.1 Å². The molecule has 36 heavy (non-hydrogen) atoms. The first-order chi connectivity index (χ1) is 17.1. The van der Waals surface area contributed by atoms with Crippen molar-refractivity contribution in [2.45, 2.75) is 51.8 Å². The van der Waals surface area contributed by atoms with Crippen molar-refractivity contribution in [2.24, 2.45) is 0 Å². The number of nitrogens with one attached hydrogen (secondary N) is 1. The number of piperazine rings is 1. The highest BCUT2D eigenvalue weighted by Gasteiger charge is 2.47. The van der Waals surface area contributed by atoms with Crippen molar-refractivity contribution in [1.29, 1.82) is 0 Å². The highest BCUT2D eigenvalue weighted by atomic mass is 35.5. The third-order valence-corrected chi connectivity index (χ3v) is 6.58. The first kappa shape index (κ1) is 24.3. The van der Waals surface area contributed by atoms with Crippen LogP contribution in [0.1, 0.15) is 34.1 Å². The number of likely N-dealkylation sites (tertiary alicyclic amines) is 1. The first-order valence-electron chi connectivity index (χ1n) is 11.9. The predicted molar refractivity (Wildman–Crippen MR) is 136 cm³/mol. The van der Waals surface area contributed by atoms with Gasteiger partial charge in [0, 0.05) is 13.1 Å². The second-order valence-corrected chi connectivity index (χ2v) is 10.3. The number of carbonyl (C=O) groups excluding carboxylic acids is 1. The number of fused-ring (bicyclic) bond motifs is 3. The third kappa shape index (κ3) is 4.57. The number of halogens is 2. The standard InChI is InChI=1S/C25H28ClFN6O3/c1-5-35-18-8-6-16(21(27)20(18)26)30-23-22-17(28-13-29-23)7-9-19(31-22)32-11-15-10-14(32)12-33(15)24(34)36-25(2,3)4/h6-9,13-15H,5,10-12H2,1-4H3,(H,28,29,30)/t14-,15-/m0/s1.